The van der Waals surface area contributed by atoms with Gasteiger partial charge in [0, 0.05) is 37.7 Å². The van der Waals surface area contributed by atoms with Crippen LogP contribution in [0.3, 0.4) is 0 Å². The molecule has 0 radical (unpaired) electrons. The van der Waals surface area contributed by atoms with Crippen LogP contribution in [0.5, 0.6) is 0 Å². The van der Waals surface area contributed by atoms with E-state index in [1.54, 1.807) is 0 Å². The third-order valence-electron chi connectivity index (χ3n) is 6.82. The Morgan fingerprint density at radius 1 is 1.03 bits per heavy atom. The summed E-state index contributed by atoms with van der Waals surface area (Å²) in [7, 11) is 0. The highest BCUT2D eigenvalue weighted by Gasteiger charge is 2.42. The van der Waals surface area contributed by atoms with Crippen molar-refractivity contribution in [2.75, 3.05) is 36.6 Å². The molecule has 0 aromatic heterocycles. The molecule has 1 atom stereocenters. The van der Waals surface area contributed by atoms with E-state index in [-0.39, 0.29) is 17.9 Å². The van der Waals surface area contributed by atoms with Crippen molar-refractivity contribution in [1.82, 2.24) is 0 Å². The predicted molar refractivity (Wildman–Crippen MR) is 118 cm³/mol. The van der Waals surface area contributed by atoms with Crippen LogP contribution in [-0.2, 0) is 30.9 Å². The molecule has 5 rings (SSSR count). The molecule has 2 aromatic rings. The Bertz CT molecular complexity index is 963. The van der Waals surface area contributed by atoms with E-state index < -0.39 is 5.41 Å². The van der Waals surface area contributed by atoms with Crippen molar-refractivity contribution >= 4 is 23.2 Å². The van der Waals surface area contributed by atoms with Crippen molar-refractivity contribution in [2.45, 2.75) is 43.6 Å². The van der Waals surface area contributed by atoms with Gasteiger partial charge in [-0.1, -0.05) is 36.4 Å². The molecule has 3 heterocycles. The lowest BCUT2D eigenvalue weighted by atomic mass is 9.73. The molecule has 162 valence electrons. The van der Waals surface area contributed by atoms with Gasteiger partial charge in [0.25, 0.3) is 5.91 Å². The van der Waals surface area contributed by atoms with E-state index in [1.165, 1.54) is 0 Å². The number of benzene rings is 2. The summed E-state index contributed by atoms with van der Waals surface area (Å²) in [5, 5.41) is 3.15. The molecular formula is C25H28N2O4. The minimum absolute atomic E-state index is 0.0167. The Kier molecular flexibility index (Phi) is 5.50. The minimum Gasteiger partial charge on any atom is -0.381 e. The third kappa shape index (κ3) is 3.75. The second kappa shape index (κ2) is 8.44. The number of nitrogens with zero attached hydrogens (tertiary/aromatic N) is 1. The third-order valence-corrected chi connectivity index (χ3v) is 6.82. The first-order chi connectivity index (χ1) is 15.2. The fraction of sp³-hybridized carbons (Fsp3) is 0.440. The normalized spacial score (nSPS) is 22.2. The highest BCUT2D eigenvalue weighted by Crippen LogP contribution is 2.37. The summed E-state index contributed by atoms with van der Waals surface area (Å²) in [4.78, 5) is 28.3. The number of fused-ring (bicyclic) bond motifs is 1. The standard InChI is InChI=1S/C25H28N2O4/c28-23(22-7-4-14-31-22)27-13-10-18-8-9-20(17-21(18)27)26-24(29)25(11-15-30-16-12-25)19-5-2-1-3-6-19/h1-3,5-6,8-9,17,22H,4,7,10-16H2,(H,26,29)/t22-/m1/s1. The number of hydrogen-bond donors (Lipinski definition) is 1. The summed E-state index contributed by atoms with van der Waals surface area (Å²) in [5.74, 6) is 0.0156. The highest BCUT2D eigenvalue weighted by atomic mass is 16.5. The number of rotatable bonds is 4. The van der Waals surface area contributed by atoms with Crippen LogP contribution in [-0.4, -0.2) is 44.3 Å². The summed E-state index contributed by atoms with van der Waals surface area (Å²) in [6.45, 7) is 2.45. The zero-order valence-electron chi connectivity index (χ0n) is 17.6. The van der Waals surface area contributed by atoms with Crippen LogP contribution in [0.1, 0.15) is 36.8 Å². The van der Waals surface area contributed by atoms with Gasteiger partial charge in [0.1, 0.15) is 6.10 Å². The average Bonchev–Trinajstić information content (AvgIpc) is 3.50. The van der Waals surface area contributed by atoms with E-state index in [4.69, 9.17) is 9.47 Å². The Balaban J connectivity index is 1.39. The van der Waals surface area contributed by atoms with Gasteiger partial charge in [0.05, 0.1) is 5.41 Å². The number of ether oxygens (including phenoxy) is 2. The zero-order chi connectivity index (χ0) is 21.3. The molecule has 2 fully saturated rings. The Morgan fingerprint density at radius 3 is 2.58 bits per heavy atom. The number of anilines is 2. The van der Waals surface area contributed by atoms with Crippen LogP contribution in [0.4, 0.5) is 11.4 Å². The van der Waals surface area contributed by atoms with E-state index >= 15 is 0 Å². The molecule has 31 heavy (non-hydrogen) atoms. The molecule has 0 spiro atoms. The zero-order valence-corrected chi connectivity index (χ0v) is 17.6. The van der Waals surface area contributed by atoms with Crippen molar-refractivity contribution in [3.05, 3.63) is 59.7 Å². The van der Waals surface area contributed by atoms with Crippen molar-refractivity contribution in [3.8, 4) is 0 Å². The molecule has 0 unspecified atom stereocenters. The van der Waals surface area contributed by atoms with E-state index in [9.17, 15) is 9.59 Å². The molecule has 0 aliphatic carbocycles. The maximum Gasteiger partial charge on any atom is 0.256 e. The predicted octanol–water partition coefficient (Wildman–Crippen LogP) is 3.44. The number of hydrogen-bond acceptors (Lipinski definition) is 4. The van der Waals surface area contributed by atoms with Gasteiger partial charge in [0.2, 0.25) is 5.91 Å². The first kappa shape index (κ1) is 20.2. The SMILES string of the molecule is O=C([C@H]1CCCO1)N1CCc2ccc(NC(=O)C3(c4ccccc4)CCOCC3)cc21. The second-order valence-electron chi connectivity index (χ2n) is 8.60. The van der Waals surface area contributed by atoms with E-state index in [0.29, 0.717) is 39.2 Å². The smallest absolute Gasteiger partial charge is 0.256 e. The Labute approximate surface area is 182 Å². The minimum atomic E-state index is -0.605. The van der Waals surface area contributed by atoms with Crippen LogP contribution in [0.15, 0.2) is 48.5 Å². The van der Waals surface area contributed by atoms with Gasteiger partial charge in [-0.05, 0) is 55.4 Å². The van der Waals surface area contributed by atoms with Crippen LogP contribution in [0.2, 0.25) is 0 Å². The van der Waals surface area contributed by atoms with Crippen molar-refractivity contribution in [1.29, 1.82) is 0 Å². The van der Waals surface area contributed by atoms with Gasteiger partial charge < -0.3 is 19.7 Å². The first-order valence-electron chi connectivity index (χ1n) is 11.2. The van der Waals surface area contributed by atoms with Gasteiger partial charge in [-0.25, -0.2) is 0 Å². The molecular weight excluding hydrogens is 392 g/mol. The monoisotopic (exact) mass is 420 g/mol. The average molecular weight is 421 g/mol. The molecule has 6 nitrogen and oxygen atoms in total. The maximum atomic E-state index is 13.5. The van der Waals surface area contributed by atoms with E-state index in [1.807, 2.05) is 53.4 Å². The molecule has 0 saturated carbocycles. The van der Waals surface area contributed by atoms with E-state index in [0.717, 1.165) is 41.8 Å². The maximum absolute atomic E-state index is 13.5. The van der Waals surface area contributed by atoms with Gasteiger partial charge in [0.15, 0.2) is 0 Å². The lowest BCUT2D eigenvalue weighted by Crippen LogP contribution is -2.44. The van der Waals surface area contributed by atoms with E-state index in [2.05, 4.69) is 5.32 Å². The topological polar surface area (TPSA) is 67.9 Å². The fourth-order valence-corrected chi connectivity index (χ4v) is 5.01. The van der Waals surface area contributed by atoms with Crippen molar-refractivity contribution in [3.63, 3.8) is 0 Å². The number of amides is 2. The summed E-state index contributed by atoms with van der Waals surface area (Å²) in [6.07, 6.45) is 3.50. The lowest BCUT2D eigenvalue weighted by molar-refractivity contribution is -0.127. The van der Waals surface area contributed by atoms with Crippen LogP contribution in [0, 0.1) is 0 Å². The summed E-state index contributed by atoms with van der Waals surface area (Å²) in [6, 6.07) is 15.9. The largest absolute Gasteiger partial charge is 0.381 e. The molecule has 3 aliphatic rings. The Morgan fingerprint density at radius 2 is 1.84 bits per heavy atom. The molecule has 1 N–H and O–H groups in total. The molecule has 2 amide bonds. The quantitative estimate of drug-likeness (QED) is 0.823. The number of carbonyl (C=O) groups excluding carboxylic acids is 2. The van der Waals surface area contributed by atoms with Crippen LogP contribution < -0.4 is 10.2 Å². The summed E-state index contributed by atoms with van der Waals surface area (Å²) < 4.78 is 11.2. The lowest BCUT2D eigenvalue weighted by Gasteiger charge is -2.36. The second-order valence-corrected chi connectivity index (χ2v) is 8.60. The summed E-state index contributed by atoms with van der Waals surface area (Å²) >= 11 is 0. The summed E-state index contributed by atoms with van der Waals surface area (Å²) in [5.41, 5.74) is 3.16. The van der Waals surface area contributed by atoms with Gasteiger partial charge >= 0.3 is 0 Å². The molecule has 2 saturated heterocycles. The van der Waals surface area contributed by atoms with Crippen molar-refractivity contribution < 1.29 is 19.1 Å². The van der Waals surface area contributed by atoms with Gasteiger partial charge in [-0.15, -0.1) is 0 Å². The van der Waals surface area contributed by atoms with Crippen molar-refractivity contribution in [2.24, 2.45) is 0 Å². The van der Waals surface area contributed by atoms with Crippen LogP contribution in [0.25, 0.3) is 0 Å². The van der Waals surface area contributed by atoms with Crippen LogP contribution >= 0.6 is 0 Å². The van der Waals surface area contributed by atoms with Gasteiger partial charge in [-0.2, -0.15) is 0 Å². The first-order valence-corrected chi connectivity index (χ1v) is 11.2. The molecule has 3 aliphatic heterocycles. The molecule has 2 aromatic carbocycles. The number of carbonyl (C=O) groups is 2. The molecule has 6 heteroatoms. The fourth-order valence-electron chi connectivity index (χ4n) is 5.01. The highest BCUT2D eigenvalue weighted by molar-refractivity contribution is 6.02. The number of nitrogens with one attached hydrogen (secondary N) is 1. The molecule has 0 bridgehead atoms. The Hall–Kier alpha value is -2.70. The van der Waals surface area contributed by atoms with Gasteiger partial charge in [-0.3, -0.25) is 9.59 Å².